The van der Waals surface area contributed by atoms with Crippen LogP contribution in [0.5, 0.6) is 0 Å². The van der Waals surface area contributed by atoms with Gasteiger partial charge in [-0.3, -0.25) is 9.69 Å². The Balaban J connectivity index is 1.57. The summed E-state index contributed by atoms with van der Waals surface area (Å²) in [6.45, 7) is 6.65. The average Bonchev–Trinajstić information content (AvgIpc) is 2.91. The van der Waals surface area contributed by atoms with E-state index in [4.69, 9.17) is 9.84 Å². The predicted octanol–water partition coefficient (Wildman–Crippen LogP) is 1.26. The summed E-state index contributed by atoms with van der Waals surface area (Å²) >= 11 is 0. The first kappa shape index (κ1) is 16.4. The van der Waals surface area contributed by atoms with Crippen molar-refractivity contribution in [2.24, 2.45) is 0 Å². The second-order valence-electron chi connectivity index (χ2n) is 6.78. The van der Waals surface area contributed by atoms with Gasteiger partial charge < -0.3 is 15.2 Å². The number of aryl methyl sites for hydroxylation is 2. The molecule has 1 aromatic carbocycles. The summed E-state index contributed by atoms with van der Waals surface area (Å²) in [4.78, 5) is 14.8. The van der Waals surface area contributed by atoms with E-state index >= 15 is 0 Å². The minimum Gasteiger partial charge on any atom is -0.396 e. The second-order valence-corrected chi connectivity index (χ2v) is 6.78. The van der Waals surface area contributed by atoms with Gasteiger partial charge in [0.1, 0.15) is 0 Å². The van der Waals surface area contributed by atoms with Gasteiger partial charge in [0.2, 0.25) is 0 Å². The van der Waals surface area contributed by atoms with Crippen molar-refractivity contribution in [2.45, 2.75) is 44.9 Å². The van der Waals surface area contributed by atoms with E-state index in [0.29, 0.717) is 19.1 Å². The quantitative estimate of drug-likeness (QED) is 0.877. The molecule has 2 fully saturated rings. The molecule has 3 rings (SSSR count). The normalized spacial score (nSPS) is 27.7. The predicted molar refractivity (Wildman–Crippen MR) is 88.6 cm³/mol. The smallest absolute Gasteiger partial charge is 0.251 e. The Labute approximate surface area is 137 Å². The molecule has 0 spiro atoms. The zero-order chi connectivity index (χ0) is 16.4. The minimum absolute atomic E-state index is 0.00535. The lowest BCUT2D eigenvalue weighted by Gasteiger charge is -2.34. The van der Waals surface area contributed by atoms with E-state index in [0.717, 1.165) is 30.6 Å². The number of nitrogens with zero attached hydrogens (tertiary/aromatic N) is 1. The molecule has 0 aliphatic carbocycles. The van der Waals surface area contributed by atoms with Gasteiger partial charge in [0.25, 0.3) is 5.91 Å². The molecular weight excluding hydrogens is 292 g/mol. The Bertz CT molecular complexity index is 575. The molecule has 0 unspecified atom stereocenters. The van der Waals surface area contributed by atoms with Gasteiger partial charge in [0, 0.05) is 37.3 Å². The van der Waals surface area contributed by atoms with E-state index in [9.17, 15) is 4.79 Å². The van der Waals surface area contributed by atoms with Gasteiger partial charge in [0.15, 0.2) is 0 Å². The molecule has 0 radical (unpaired) electrons. The highest BCUT2D eigenvalue weighted by Gasteiger charge is 2.37. The number of aliphatic hydroxyl groups excluding tert-OH is 1. The number of benzene rings is 1. The van der Waals surface area contributed by atoms with Crippen molar-refractivity contribution >= 4 is 5.91 Å². The number of rotatable bonds is 4. The van der Waals surface area contributed by atoms with Crippen molar-refractivity contribution in [1.29, 1.82) is 0 Å². The van der Waals surface area contributed by atoms with Crippen LogP contribution in [0.2, 0.25) is 0 Å². The molecule has 2 aliphatic rings. The molecule has 23 heavy (non-hydrogen) atoms. The van der Waals surface area contributed by atoms with Crippen molar-refractivity contribution in [1.82, 2.24) is 10.2 Å². The lowest BCUT2D eigenvalue weighted by Crippen LogP contribution is -2.46. The third-order valence-corrected chi connectivity index (χ3v) is 5.05. The summed E-state index contributed by atoms with van der Waals surface area (Å²) in [5.41, 5.74) is 3.07. The topological polar surface area (TPSA) is 61.8 Å². The largest absolute Gasteiger partial charge is 0.396 e. The summed E-state index contributed by atoms with van der Waals surface area (Å²) in [7, 11) is 0. The third-order valence-electron chi connectivity index (χ3n) is 5.05. The zero-order valence-electron chi connectivity index (χ0n) is 13.9. The number of hydrogen-bond donors (Lipinski definition) is 2. The van der Waals surface area contributed by atoms with Gasteiger partial charge in [-0.25, -0.2) is 0 Å². The van der Waals surface area contributed by atoms with E-state index in [1.807, 2.05) is 25.1 Å². The van der Waals surface area contributed by atoms with Crippen LogP contribution >= 0.6 is 0 Å². The van der Waals surface area contributed by atoms with Gasteiger partial charge in [-0.05, 0) is 49.9 Å². The van der Waals surface area contributed by atoms with Crippen LogP contribution in [0.4, 0.5) is 0 Å². The van der Waals surface area contributed by atoms with Gasteiger partial charge in [-0.1, -0.05) is 6.07 Å². The summed E-state index contributed by atoms with van der Waals surface area (Å²) in [5, 5.41) is 12.2. The van der Waals surface area contributed by atoms with E-state index in [2.05, 4.69) is 17.1 Å². The Morgan fingerprint density at radius 1 is 1.35 bits per heavy atom. The Morgan fingerprint density at radius 2 is 2.17 bits per heavy atom. The summed E-state index contributed by atoms with van der Waals surface area (Å²) in [6, 6.07) is 6.39. The van der Waals surface area contributed by atoms with Crippen LogP contribution in [0.15, 0.2) is 18.2 Å². The Hall–Kier alpha value is -1.43. The van der Waals surface area contributed by atoms with Crippen LogP contribution in [-0.2, 0) is 4.74 Å². The maximum Gasteiger partial charge on any atom is 0.251 e. The van der Waals surface area contributed by atoms with Crippen molar-refractivity contribution in [3.8, 4) is 0 Å². The van der Waals surface area contributed by atoms with Gasteiger partial charge >= 0.3 is 0 Å². The highest BCUT2D eigenvalue weighted by molar-refractivity contribution is 5.94. The van der Waals surface area contributed by atoms with Gasteiger partial charge in [0.05, 0.1) is 12.7 Å². The second kappa shape index (κ2) is 6.99. The number of fused-ring (bicyclic) bond motifs is 1. The van der Waals surface area contributed by atoms with E-state index in [1.54, 1.807) is 0 Å². The number of nitrogens with one attached hydrogen (secondary N) is 1. The molecule has 2 heterocycles. The zero-order valence-corrected chi connectivity index (χ0v) is 13.9. The standard InChI is InChI=1S/C18H26N2O3/c1-12-3-4-14(7-13(12)2)18(22)19-15-8-16-11-23-17(5-6-21)10-20(16)9-15/h3-4,7,15-17,21H,5-6,8-11H2,1-2H3,(H,19,22)/t15-,16-,17-/m0/s1. The molecule has 0 saturated carbocycles. The van der Waals surface area contributed by atoms with E-state index in [-0.39, 0.29) is 24.7 Å². The van der Waals surface area contributed by atoms with E-state index < -0.39 is 0 Å². The first-order chi connectivity index (χ1) is 11.1. The van der Waals surface area contributed by atoms with Crippen LogP contribution in [0, 0.1) is 13.8 Å². The number of amides is 1. The maximum absolute atomic E-state index is 12.4. The van der Waals surface area contributed by atoms with Crippen molar-refractivity contribution in [3.63, 3.8) is 0 Å². The molecule has 5 nitrogen and oxygen atoms in total. The Morgan fingerprint density at radius 3 is 2.91 bits per heavy atom. The van der Waals surface area contributed by atoms with Crippen LogP contribution in [0.1, 0.15) is 34.3 Å². The fourth-order valence-electron chi connectivity index (χ4n) is 3.52. The van der Waals surface area contributed by atoms with Crippen molar-refractivity contribution < 1.29 is 14.6 Å². The van der Waals surface area contributed by atoms with Gasteiger partial charge in [-0.2, -0.15) is 0 Å². The molecule has 0 aromatic heterocycles. The molecule has 2 N–H and O–H groups in total. The molecule has 5 heteroatoms. The first-order valence-corrected chi connectivity index (χ1v) is 8.41. The first-order valence-electron chi connectivity index (χ1n) is 8.41. The molecule has 0 bridgehead atoms. The minimum atomic E-state index is 0.00535. The summed E-state index contributed by atoms with van der Waals surface area (Å²) in [6.07, 6.45) is 1.73. The SMILES string of the molecule is Cc1ccc(C(=O)N[C@H]2C[C@H]3CO[C@@H](CCO)CN3C2)cc1C. The average molecular weight is 318 g/mol. The van der Waals surface area contributed by atoms with Gasteiger partial charge in [-0.15, -0.1) is 0 Å². The molecular formula is C18H26N2O3. The molecule has 126 valence electrons. The van der Waals surface area contributed by atoms with Crippen LogP contribution < -0.4 is 5.32 Å². The Kier molecular flexibility index (Phi) is 4.99. The van der Waals surface area contributed by atoms with Crippen LogP contribution in [0.3, 0.4) is 0 Å². The molecule has 1 aromatic rings. The van der Waals surface area contributed by atoms with E-state index in [1.165, 1.54) is 5.56 Å². The third kappa shape index (κ3) is 3.74. The number of ether oxygens (including phenoxy) is 1. The van der Waals surface area contributed by atoms with Crippen molar-refractivity contribution in [2.75, 3.05) is 26.3 Å². The molecule has 3 atom stereocenters. The fourth-order valence-corrected chi connectivity index (χ4v) is 3.52. The molecule has 2 aliphatic heterocycles. The lowest BCUT2D eigenvalue weighted by molar-refractivity contribution is -0.0566. The lowest BCUT2D eigenvalue weighted by atomic mass is 10.1. The molecule has 2 saturated heterocycles. The van der Waals surface area contributed by atoms with Crippen LogP contribution in [0.25, 0.3) is 0 Å². The fraction of sp³-hybridized carbons (Fsp3) is 0.611. The maximum atomic E-state index is 12.4. The highest BCUT2D eigenvalue weighted by atomic mass is 16.5. The summed E-state index contributed by atoms with van der Waals surface area (Å²) in [5.74, 6) is 0.00535. The number of aliphatic hydroxyl groups is 1. The van der Waals surface area contributed by atoms with Crippen molar-refractivity contribution in [3.05, 3.63) is 34.9 Å². The monoisotopic (exact) mass is 318 g/mol. The summed E-state index contributed by atoms with van der Waals surface area (Å²) < 4.78 is 5.78. The number of carbonyl (C=O) groups excluding carboxylic acids is 1. The number of carbonyl (C=O) groups is 1. The van der Waals surface area contributed by atoms with Crippen LogP contribution in [-0.4, -0.2) is 60.4 Å². The highest BCUT2D eigenvalue weighted by Crippen LogP contribution is 2.24. The number of morpholine rings is 1. The molecule has 1 amide bonds. The number of hydrogen-bond acceptors (Lipinski definition) is 4.